The molecule has 112 valence electrons. The van der Waals surface area contributed by atoms with Gasteiger partial charge in [0.25, 0.3) is 5.69 Å². The van der Waals surface area contributed by atoms with Gasteiger partial charge in [-0.25, -0.2) is 0 Å². The SMILES string of the molecule is CN(Cc1cccnc1)C(=O)/C=C/c1ccccc1[N+](=O)[O-]. The molecule has 0 radical (unpaired) electrons. The van der Waals surface area contributed by atoms with Crippen molar-refractivity contribution in [2.45, 2.75) is 6.54 Å². The lowest BCUT2D eigenvalue weighted by molar-refractivity contribution is -0.385. The summed E-state index contributed by atoms with van der Waals surface area (Å²) in [5.41, 5.74) is 1.29. The molecule has 0 saturated carbocycles. The van der Waals surface area contributed by atoms with Gasteiger partial charge >= 0.3 is 0 Å². The number of hydrogen-bond donors (Lipinski definition) is 0. The molecule has 1 aromatic heterocycles. The van der Waals surface area contributed by atoms with Gasteiger partial charge < -0.3 is 4.90 Å². The molecule has 0 bridgehead atoms. The van der Waals surface area contributed by atoms with E-state index in [1.807, 2.05) is 6.07 Å². The number of amides is 1. The molecule has 1 heterocycles. The molecular formula is C16H15N3O3. The number of nitro benzene ring substituents is 1. The van der Waals surface area contributed by atoms with Crippen molar-refractivity contribution in [2.75, 3.05) is 7.05 Å². The van der Waals surface area contributed by atoms with Crippen molar-refractivity contribution in [1.82, 2.24) is 9.88 Å². The number of hydrogen-bond acceptors (Lipinski definition) is 4. The third-order valence-corrected chi connectivity index (χ3v) is 3.06. The van der Waals surface area contributed by atoms with Crippen molar-refractivity contribution >= 4 is 17.7 Å². The zero-order valence-corrected chi connectivity index (χ0v) is 12.0. The molecule has 0 aliphatic heterocycles. The van der Waals surface area contributed by atoms with Crippen LogP contribution in [0.4, 0.5) is 5.69 Å². The van der Waals surface area contributed by atoms with Gasteiger partial charge in [0.1, 0.15) is 0 Å². The van der Waals surface area contributed by atoms with Gasteiger partial charge in [0, 0.05) is 38.1 Å². The molecule has 0 N–H and O–H groups in total. The second-order valence-corrected chi connectivity index (χ2v) is 4.70. The van der Waals surface area contributed by atoms with Gasteiger partial charge in [0.2, 0.25) is 5.91 Å². The maximum absolute atomic E-state index is 12.1. The van der Waals surface area contributed by atoms with E-state index in [4.69, 9.17) is 0 Å². The smallest absolute Gasteiger partial charge is 0.276 e. The first kappa shape index (κ1) is 15.4. The van der Waals surface area contributed by atoms with Gasteiger partial charge in [-0.3, -0.25) is 19.9 Å². The number of carbonyl (C=O) groups is 1. The average molecular weight is 297 g/mol. The van der Waals surface area contributed by atoms with Crippen LogP contribution in [0.15, 0.2) is 54.9 Å². The maximum Gasteiger partial charge on any atom is 0.276 e. The molecule has 2 aromatic rings. The normalized spacial score (nSPS) is 10.6. The van der Waals surface area contributed by atoms with Gasteiger partial charge in [-0.2, -0.15) is 0 Å². The lowest BCUT2D eigenvalue weighted by atomic mass is 10.1. The van der Waals surface area contributed by atoms with Crippen LogP contribution in [-0.2, 0) is 11.3 Å². The van der Waals surface area contributed by atoms with Crippen LogP contribution in [0.1, 0.15) is 11.1 Å². The quantitative estimate of drug-likeness (QED) is 0.483. The van der Waals surface area contributed by atoms with E-state index < -0.39 is 4.92 Å². The highest BCUT2D eigenvalue weighted by Gasteiger charge is 2.11. The Bertz CT molecular complexity index is 699. The fraction of sp³-hybridized carbons (Fsp3) is 0.125. The highest BCUT2D eigenvalue weighted by molar-refractivity contribution is 5.92. The third-order valence-electron chi connectivity index (χ3n) is 3.06. The summed E-state index contributed by atoms with van der Waals surface area (Å²) < 4.78 is 0. The number of para-hydroxylation sites is 1. The average Bonchev–Trinajstić information content (AvgIpc) is 2.53. The van der Waals surface area contributed by atoms with E-state index in [0.29, 0.717) is 12.1 Å². The second-order valence-electron chi connectivity index (χ2n) is 4.70. The van der Waals surface area contributed by atoms with E-state index in [0.717, 1.165) is 5.56 Å². The first-order valence-corrected chi connectivity index (χ1v) is 6.63. The summed E-state index contributed by atoms with van der Waals surface area (Å²) in [6.07, 6.45) is 6.15. The standard InChI is InChI=1S/C16H15N3O3/c1-18(12-13-5-4-10-17-11-13)16(20)9-8-14-6-2-3-7-15(14)19(21)22/h2-11H,12H2,1H3/b9-8+. The third kappa shape index (κ3) is 3.99. The molecule has 0 fully saturated rings. The molecule has 0 spiro atoms. The highest BCUT2D eigenvalue weighted by atomic mass is 16.6. The molecule has 6 nitrogen and oxygen atoms in total. The van der Waals surface area contributed by atoms with Crippen LogP contribution in [0.25, 0.3) is 6.08 Å². The topological polar surface area (TPSA) is 76.3 Å². The van der Waals surface area contributed by atoms with E-state index in [9.17, 15) is 14.9 Å². The summed E-state index contributed by atoms with van der Waals surface area (Å²) in [4.78, 5) is 28.0. The van der Waals surface area contributed by atoms with Crippen LogP contribution in [0.5, 0.6) is 0 Å². The fourth-order valence-electron chi connectivity index (χ4n) is 1.93. The molecule has 0 aliphatic rings. The summed E-state index contributed by atoms with van der Waals surface area (Å²) in [5, 5.41) is 10.9. The van der Waals surface area contributed by atoms with Gasteiger partial charge in [-0.15, -0.1) is 0 Å². The highest BCUT2D eigenvalue weighted by Crippen LogP contribution is 2.19. The zero-order valence-electron chi connectivity index (χ0n) is 12.0. The minimum Gasteiger partial charge on any atom is -0.338 e. The van der Waals surface area contributed by atoms with Crippen LogP contribution in [0, 0.1) is 10.1 Å². The fourth-order valence-corrected chi connectivity index (χ4v) is 1.93. The van der Waals surface area contributed by atoms with Crippen LogP contribution >= 0.6 is 0 Å². The maximum atomic E-state index is 12.1. The molecule has 1 aromatic carbocycles. The lowest BCUT2D eigenvalue weighted by Gasteiger charge is -2.14. The summed E-state index contributed by atoms with van der Waals surface area (Å²) in [7, 11) is 1.67. The molecule has 0 atom stereocenters. The monoisotopic (exact) mass is 297 g/mol. The van der Waals surface area contributed by atoms with Crippen molar-refractivity contribution in [3.8, 4) is 0 Å². The van der Waals surface area contributed by atoms with Crippen LogP contribution < -0.4 is 0 Å². The van der Waals surface area contributed by atoms with Crippen LogP contribution in [0.3, 0.4) is 0 Å². The molecular weight excluding hydrogens is 282 g/mol. The molecule has 0 unspecified atom stereocenters. The summed E-state index contributed by atoms with van der Waals surface area (Å²) >= 11 is 0. The largest absolute Gasteiger partial charge is 0.338 e. The first-order chi connectivity index (χ1) is 10.6. The van der Waals surface area contributed by atoms with Crippen LogP contribution in [-0.4, -0.2) is 27.8 Å². The van der Waals surface area contributed by atoms with Crippen molar-refractivity contribution < 1.29 is 9.72 Å². The number of rotatable bonds is 5. The van der Waals surface area contributed by atoms with Crippen LogP contribution in [0.2, 0.25) is 0 Å². The molecule has 1 amide bonds. The second kappa shape index (κ2) is 7.12. The molecule has 22 heavy (non-hydrogen) atoms. The van der Waals surface area contributed by atoms with E-state index in [1.165, 1.54) is 23.1 Å². The Balaban J connectivity index is 2.07. The Kier molecular flexibility index (Phi) is 4.98. The minimum absolute atomic E-state index is 0.0264. The van der Waals surface area contributed by atoms with Crippen molar-refractivity contribution in [1.29, 1.82) is 0 Å². The molecule has 0 aliphatic carbocycles. The Hall–Kier alpha value is -3.02. The Morgan fingerprint density at radius 1 is 1.32 bits per heavy atom. The Labute approximate surface area is 127 Å². The van der Waals surface area contributed by atoms with Gasteiger partial charge in [-0.1, -0.05) is 18.2 Å². The number of carbonyl (C=O) groups excluding carboxylic acids is 1. The van der Waals surface area contributed by atoms with E-state index in [1.54, 1.807) is 43.7 Å². The summed E-state index contributed by atoms with van der Waals surface area (Å²) in [6, 6.07) is 9.97. The van der Waals surface area contributed by atoms with Crippen molar-refractivity contribution in [2.24, 2.45) is 0 Å². The lowest BCUT2D eigenvalue weighted by Crippen LogP contribution is -2.24. The number of aromatic nitrogens is 1. The summed E-state index contributed by atoms with van der Waals surface area (Å²) in [5.74, 6) is -0.234. The van der Waals surface area contributed by atoms with Gasteiger partial charge in [-0.05, 0) is 23.8 Å². The Morgan fingerprint density at radius 3 is 2.77 bits per heavy atom. The predicted molar refractivity (Wildman–Crippen MR) is 82.8 cm³/mol. The molecule has 2 rings (SSSR count). The van der Waals surface area contributed by atoms with E-state index in [-0.39, 0.29) is 11.6 Å². The number of likely N-dealkylation sites (N-methyl/N-ethyl adjacent to an activating group) is 1. The van der Waals surface area contributed by atoms with Gasteiger partial charge in [0.05, 0.1) is 10.5 Å². The number of benzene rings is 1. The van der Waals surface area contributed by atoms with E-state index in [2.05, 4.69) is 4.98 Å². The predicted octanol–water partition coefficient (Wildman–Crippen LogP) is 2.66. The molecule has 0 saturated heterocycles. The van der Waals surface area contributed by atoms with E-state index >= 15 is 0 Å². The first-order valence-electron chi connectivity index (χ1n) is 6.63. The minimum atomic E-state index is -0.469. The number of nitro groups is 1. The number of pyridine rings is 1. The number of nitrogens with zero attached hydrogens (tertiary/aromatic N) is 3. The Morgan fingerprint density at radius 2 is 2.09 bits per heavy atom. The van der Waals surface area contributed by atoms with Crippen molar-refractivity contribution in [3.63, 3.8) is 0 Å². The van der Waals surface area contributed by atoms with Gasteiger partial charge in [0.15, 0.2) is 0 Å². The van der Waals surface area contributed by atoms with Crippen molar-refractivity contribution in [3.05, 3.63) is 76.1 Å². The molecule has 6 heteroatoms. The summed E-state index contributed by atoms with van der Waals surface area (Å²) in [6.45, 7) is 0.425. The zero-order chi connectivity index (χ0) is 15.9.